The van der Waals surface area contributed by atoms with Crippen molar-refractivity contribution in [2.45, 2.75) is 103 Å². The standard InChI is InChI=1S/C21H25.C15H14.C10H17Si.2ClH.Zr/c1-20(2,3)16-7-9-18-14(12-16)11-15-13-17(21(4,5)6)8-10-19(15)18;1-12-3-7-14(8-4-12)11-15-9-5-13(2)6-10-15;1-8-6-9(2)10(7-8)11(3,4)5;;;/h7-13H,1-6H3;3-10H,1-2H3;7-8H,1-5H3;2*1H;/q;;;;;+2/p-2. The normalized spacial score (nSPS) is 15.8. The van der Waals surface area contributed by atoms with Crippen LogP contribution < -0.4 is 24.8 Å². The van der Waals surface area contributed by atoms with Gasteiger partial charge < -0.3 is 24.8 Å². The van der Waals surface area contributed by atoms with Crippen LogP contribution in [0.4, 0.5) is 0 Å². The fraction of sp³-hybridized carbons (Fsp3) is 0.370. The SMILES string of the molecule is CC1=[C]([Zr+2](=[C](c2ccc(C)cc2)c2ccc(C)cc2)[CH]2c3cc(C(C)(C)C)ccc3-c3ccc(C(C)(C)C)cc32)C(C)C=C1[Si](C)(C)C.[Cl-].[Cl-]. The molecule has 0 amide bonds. The molecule has 0 saturated heterocycles. The molecule has 0 radical (unpaired) electrons. The van der Waals surface area contributed by atoms with E-state index in [4.69, 9.17) is 0 Å². The average Bonchev–Trinajstić information content (AvgIpc) is 3.49. The predicted octanol–water partition coefficient (Wildman–Crippen LogP) is 6.59. The Morgan fingerprint density at radius 3 is 1.34 bits per heavy atom. The van der Waals surface area contributed by atoms with E-state index < -0.39 is 29.3 Å². The topological polar surface area (TPSA) is 0 Å². The van der Waals surface area contributed by atoms with E-state index in [1.807, 2.05) is 0 Å². The molecule has 4 aromatic carbocycles. The minimum atomic E-state index is -2.93. The van der Waals surface area contributed by atoms with Crippen LogP contribution in [0.1, 0.15) is 104 Å². The fourth-order valence-electron chi connectivity index (χ4n) is 8.06. The van der Waals surface area contributed by atoms with Gasteiger partial charge in [-0.3, -0.25) is 0 Å². The van der Waals surface area contributed by atoms with E-state index in [9.17, 15) is 0 Å². The number of halogens is 2. The molecule has 2 aliphatic rings. The van der Waals surface area contributed by atoms with E-state index in [-0.39, 0.29) is 35.6 Å². The average molecular weight is 799 g/mol. The van der Waals surface area contributed by atoms with Crippen molar-refractivity contribution in [3.63, 3.8) is 0 Å². The zero-order valence-electron chi connectivity index (χ0n) is 32.6. The quantitative estimate of drug-likeness (QED) is 0.200. The first-order chi connectivity index (χ1) is 22.4. The van der Waals surface area contributed by atoms with E-state index in [2.05, 4.69) is 180 Å². The first-order valence-electron chi connectivity index (χ1n) is 18.0. The third-order valence-electron chi connectivity index (χ3n) is 10.8. The summed E-state index contributed by atoms with van der Waals surface area (Å²) in [7, 11) is -1.55. The fourth-order valence-corrected chi connectivity index (χ4v) is 20.3. The Balaban J connectivity index is 0.00000281. The maximum absolute atomic E-state index is 2.93. The zero-order chi connectivity index (χ0) is 34.9. The van der Waals surface area contributed by atoms with E-state index in [0.29, 0.717) is 9.54 Å². The summed E-state index contributed by atoms with van der Waals surface area (Å²) in [6.07, 6.45) is 2.69. The monoisotopic (exact) mass is 796 g/mol. The first kappa shape index (κ1) is 40.7. The van der Waals surface area contributed by atoms with Crippen molar-refractivity contribution in [1.82, 2.24) is 0 Å². The molecule has 0 fully saturated rings. The molecule has 0 aromatic heterocycles. The van der Waals surface area contributed by atoms with E-state index in [1.54, 1.807) is 28.4 Å². The van der Waals surface area contributed by atoms with Crippen molar-refractivity contribution in [1.29, 1.82) is 0 Å². The van der Waals surface area contributed by atoms with Crippen LogP contribution >= 0.6 is 0 Å². The molecule has 262 valence electrons. The molecule has 50 heavy (non-hydrogen) atoms. The minimum absolute atomic E-state index is 0. The zero-order valence-corrected chi connectivity index (χ0v) is 37.5. The van der Waals surface area contributed by atoms with Gasteiger partial charge in [0.2, 0.25) is 0 Å². The molecule has 6 rings (SSSR count). The second-order valence-electron chi connectivity index (χ2n) is 17.7. The second kappa shape index (κ2) is 14.7. The van der Waals surface area contributed by atoms with Gasteiger partial charge in [0.15, 0.2) is 0 Å². The van der Waals surface area contributed by atoms with Crippen molar-refractivity contribution in [2.24, 2.45) is 5.92 Å². The molecular weight excluding hydrogens is 743 g/mol. The third kappa shape index (κ3) is 7.67. The number of rotatable bonds is 5. The van der Waals surface area contributed by atoms with E-state index in [1.165, 1.54) is 44.5 Å². The number of fused-ring (bicyclic) bond motifs is 3. The van der Waals surface area contributed by atoms with Crippen molar-refractivity contribution < 1.29 is 46.1 Å². The molecule has 0 nitrogen and oxygen atoms in total. The largest absolute Gasteiger partial charge is 1.00 e. The Labute approximate surface area is 324 Å². The molecule has 0 N–H and O–H groups in total. The van der Waals surface area contributed by atoms with E-state index in [0.717, 1.165) is 0 Å². The molecule has 0 aliphatic heterocycles. The van der Waals surface area contributed by atoms with Crippen LogP contribution in [-0.2, 0) is 32.1 Å². The molecule has 0 saturated carbocycles. The van der Waals surface area contributed by atoms with Crippen LogP contribution in [0.3, 0.4) is 0 Å². The second-order valence-corrected chi connectivity index (χ2v) is 28.8. The van der Waals surface area contributed by atoms with Gasteiger partial charge >= 0.3 is 302 Å². The molecule has 4 heteroatoms. The summed E-state index contributed by atoms with van der Waals surface area (Å²) in [5, 5.41) is 1.68. The Kier molecular flexibility index (Phi) is 12.0. The number of allylic oxidation sites excluding steroid dienone is 4. The summed E-state index contributed by atoms with van der Waals surface area (Å²) in [4.78, 5) is 0. The summed E-state index contributed by atoms with van der Waals surface area (Å²) >= 11 is -2.93. The number of benzene rings is 4. The maximum atomic E-state index is 2.69. The molecule has 1 atom stereocenters. The first-order valence-corrected chi connectivity index (χ1v) is 25.4. The molecule has 1 unspecified atom stereocenters. The number of hydrogen-bond acceptors (Lipinski definition) is 0. The van der Waals surface area contributed by atoms with Gasteiger partial charge in [-0.1, -0.05) is 0 Å². The van der Waals surface area contributed by atoms with E-state index >= 15 is 0 Å². The van der Waals surface area contributed by atoms with Gasteiger partial charge in [-0.25, -0.2) is 0 Å². The number of hydrogen-bond donors (Lipinski definition) is 0. The Hall–Kier alpha value is -2.09. The van der Waals surface area contributed by atoms with Crippen LogP contribution in [0, 0.1) is 19.8 Å². The van der Waals surface area contributed by atoms with Crippen molar-refractivity contribution >= 4 is 11.3 Å². The number of aryl methyl sites for hydroxylation is 2. The molecule has 0 bridgehead atoms. The summed E-state index contributed by atoms with van der Waals surface area (Å²) in [6, 6.07) is 34.1. The summed E-state index contributed by atoms with van der Waals surface area (Å²) in [5.74, 6) is 0.455. The molecule has 0 heterocycles. The molecular formula is C46H56Cl2SiZr. The summed E-state index contributed by atoms with van der Waals surface area (Å²) < 4.78 is 3.84. The summed E-state index contributed by atoms with van der Waals surface area (Å²) in [5.41, 5.74) is 16.2. The van der Waals surface area contributed by atoms with Crippen LogP contribution in [-0.4, -0.2) is 11.3 Å². The summed E-state index contributed by atoms with van der Waals surface area (Å²) in [6.45, 7) is 31.3. The van der Waals surface area contributed by atoms with Crippen molar-refractivity contribution in [3.8, 4) is 11.1 Å². The van der Waals surface area contributed by atoms with Gasteiger partial charge in [-0.05, 0) is 0 Å². The van der Waals surface area contributed by atoms with Crippen LogP contribution in [0.5, 0.6) is 0 Å². The Bertz CT molecular complexity index is 1880. The molecule has 4 aromatic rings. The van der Waals surface area contributed by atoms with Crippen LogP contribution in [0.15, 0.2) is 105 Å². The maximum Gasteiger partial charge on any atom is -1.00 e. The van der Waals surface area contributed by atoms with Crippen molar-refractivity contribution in [2.75, 3.05) is 0 Å². The van der Waals surface area contributed by atoms with Gasteiger partial charge in [-0.15, -0.1) is 0 Å². The van der Waals surface area contributed by atoms with Gasteiger partial charge in [0.05, 0.1) is 0 Å². The minimum Gasteiger partial charge on any atom is -1.00 e. The molecule has 2 aliphatic carbocycles. The van der Waals surface area contributed by atoms with Gasteiger partial charge in [0.1, 0.15) is 0 Å². The van der Waals surface area contributed by atoms with Gasteiger partial charge in [0.25, 0.3) is 0 Å². The molecule has 0 spiro atoms. The third-order valence-corrected chi connectivity index (χ3v) is 22.1. The predicted molar refractivity (Wildman–Crippen MR) is 210 cm³/mol. The van der Waals surface area contributed by atoms with Crippen LogP contribution in [0.2, 0.25) is 19.6 Å². The van der Waals surface area contributed by atoms with Gasteiger partial charge in [-0.2, -0.15) is 0 Å². The van der Waals surface area contributed by atoms with Crippen LogP contribution in [0.25, 0.3) is 11.1 Å². The smallest absolute Gasteiger partial charge is 1.00 e. The van der Waals surface area contributed by atoms with Gasteiger partial charge in [0, 0.05) is 0 Å². The Morgan fingerprint density at radius 1 is 0.600 bits per heavy atom. The van der Waals surface area contributed by atoms with Crippen molar-refractivity contribution in [3.05, 3.63) is 150 Å². The Morgan fingerprint density at radius 2 is 1.00 bits per heavy atom.